The molecule has 1 rings (SSSR count). The zero-order valence-electron chi connectivity index (χ0n) is 11.9. The summed E-state index contributed by atoms with van der Waals surface area (Å²) in [5.74, 6) is 1.23. The van der Waals surface area contributed by atoms with Gasteiger partial charge in [0.05, 0.1) is 19.9 Å². The monoisotopic (exact) mass is 266 g/mol. The molecule has 0 aromatic heterocycles. The molecule has 106 valence electrons. The number of anilines is 1. The van der Waals surface area contributed by atoms with Gasteiger partial charge in [-0.1, -0.05) is 13.8 Å². The van der Waals surface area contributed by atoms with Crippen LogP contribution in [0.25, 0.3) is 0 Å². The Morgan fingerprint density at radius 2 is 2.00 bits per heavy atom. The van der Waals surface area contributed by atoms with Gasteiger partial charge in [-0.25, -0.2) is 0 Å². The Morgan fingerprint density at radius 1 is 1.26 bits per heavy atom. The molecule has 19 heavy (non-hydrogen) atoms. The van der Waals surface area contributed by atoms with E-state index in [0.717, 1.165) is 0 Å². The van der Waals surface area contributed by atoms with Gasteiger partial charge in [0.1, 0.15) is 11.5 Å². The van der Waals surface area contributed by atoms with Gasteiger partial charge in [-0.05, 0) is 12.1 Å². The second-order valence-electron chi connectivity index (χ2n) is 4.47. The number of hydrogen-bond donors (Lipinski definition) is 2. The fourth-order valence-electron chi connectivity index (χ4n) is 1.59. The lowest BCUT2D eigenvalue weighted by molar-refractivity contribution is -0.116. The number of nitrogens with one attached hydrogen (secondary N) is 2. The van der Waals surface area contributed by atoms with Crippen molar-refractivity contribution in [2.24, 2.45) is 0 Å². The number of rotatable bonds is 7. The Labute approximate surface area is 114 Å². The van der Waals surface area contributed by atoms with Gasteiger partial charge in [-0.15, -0.1) is 0 Å². The molecule has 1 amide bonds. The zero-order chi connectivity index (χ0) is 14.3. The van der Waals surface area contributed by atoms with E-state index in [1.165, 1.54) is 0 Å². The number of carbonyl (C=O) groups excluding carboxylic acids is 1. The van der Waals surface area contributed by atoms with Crippen molar-refractivity contribution >= 4 is 11.6 Å². The maximum absolute atomic E-state index is 11.8. The fraction of sp³-hybridized carbons (Fsp3) is 0.500. The van der Waals surface area contributed by atoms with Crippen molar-refractivity contribution in [2.75, 3.05) is 26.1 Å². The van der Waals surface area contributed by atoms with Crippen molar-refractivity contribution in [3.8, 4) is 11.5 Å². The molecule has 1 aromatic rings. The van der Waals surface area contributed by atoms with Crippen LogP contribution >= 0.6 is 0 Å². The number of ether oxygens (including phenoxy) is 2. The zero-order valence-corrected chi connectivity index (χ0v) is 11.9. The van der Waals surface area contributed by atoms with Gasteiger partial charge in [-0.3, -0.25) is 4.79 Å². The second kappa shape index (κ2) is 7.63. The van der Waals surface area contributed by atoms with E-state index in [2.05, 4.69) is 10.6 Å². The molecule has 1 aromatic carbocycles. The number of carbonyl (C=O) groups is 1. The lowest BCUT2D eigenvalue weighted by Gasteiger charge is -2.12. The number of hydrogen-bond acceptors (Lipinski definition) is 4. The van der Waals surface area contributed by atoms with E-state index in [4.69, 9.17) is 9.47 Å². The van der Waals surface area contributed by atoms with E-state index in [1.807, 2.05) is 13.8 Å². The molecule has 0 aliphatic rings. The molecule has 0 saturated heterocycles. The molecular formula is C14H22N2O3. The molecule has 0 radical (unpaired) electrons. The van der Waals surface area contributed by atoms with Gasteiger partial charge >= 0.3 is 0 Å². The van der Waals surface area contributed by atoms with Gasteiger partial charge in [0.15, 0.2) is 0 Å². The first-order valence-electron chi connectivity index (χ1n) is 6.32. The molecule has 0 heterocycles. The third-order valence-corrected chi connectivity index (χ3v) is 2.59. The SMILES string of the molecule is COc1ccc(NC(=O)CCNC(C)C)c(OC)c1. The summed E-state index contributed by atoms with van der Waals surface area (Å²) in [4.78, 5) is 11.8. The van der Waals surface area contributed by atoms with Crippen LogP contribution < -0.4 is 20.1 Å². The third-order valence-electron chi connectivity index (χ3n) is 2.59. The maximum Gasteiger partial charge on any atom is 0.225 e. The molecule has 5 nitrogen and oxygen atoms in total. The largest absolute Gasteiger partial charge is 0.497 e. The van der Waals surface area contributed by atoms with Crippen LogP contribution in [0, 0.1) is 0 Å². The van der Waals surface area contributed by atoms with E-state index in [9.17, 15) is 4.79 Å². The number of methoxy groups -OCH3 is 2. The van der Waals surface area contributed by atoms with Crippen LogP contribution in [0.15, 0.2) is 18.2 Å². The summed E-state index contributed by atoms with van der Waals surface area (Å²) in [6.45, 7) is 4.75. The van der Waals surface area contributed by atoms with Gasteiger partial charge < -0.3 is 20.1 Å². The van der Waals surface area contributed by atoms with Gasteiger partial charge in [0.2, 0.25) is 5.91 Å². The topological polar surface area (TPSA) is 59.6 Å². The Kier molecular flexibility index (Phi) is 6.15. The lowest BCUT2D eigenvalue weighted by atomic mass is 10.2. The summed E-state index contributed by atoms with van der Waals surface area (Å²) in [5, 5.41) is 6.02. The Morgan fingerprint density at radius 3 is 2.58 bits per heavy atom. The highest BCUT2D eigenvalue weighted by Gasteiger charge is 2.08. The van der Waals surface area contributed by atoms with Crippen molar-refractivity contribution in [3.05, 3.63) is 18.2 Å². The van der Waals surface area contributed by atoms with E-state index in [-0.39, 0.29) is 5.91 Å². The highest BCUT2D eigenvalue weighted by atomic mass is 16.5. The molecule has 2 N–H and O–H groups in total. The van der Waals surface area contributed by atoms with E-state index in [0.29, 0.717) is 36.2 Å². The Hall–Kier alpha value is -1.75. The van der Waals surface area contributed by atoms with Crippen molar-refractivity contribution < 1.29 is 14.3 Å². The first-order valence-corrected chi connectivity index (χ1v) is 6.32. The summed E-state index contributed by atoms with van der Waals surface area (Å²) < 4.78 is 10.3. The highest BCUT2D eigenvalue weighted by molar-refractivity contribution is 5.92. The van der Waals surface area contributed by atoms with Gasteiger partial charge in [0, 0.05) is 25.1 Å². The van der Waals surface area contributed by atoms with Crippen LogP contribution in [0.3, 0.4) is 0 Å². The molecular weight excluding hydrogens is 244 g/mol. The van der Waals surface area contributed by atoms with Crippen LogP contribution in [0.5, 0.6) is 11.5 Å². The maximum atomic E-state index is 11.8. The summed E-state index contributed by atoms with van der Waals surface area (Å²) in [7, 11) is 3.15. The predicted molar refractivity (Wildman–Crippen MR) is 75.9 cm³/mol. The third kappa shape index (κ3) is 5.18. The van der Waals surface area contributed by atoms with Crippen molar-refractivity contribution in [2.45, 2.75) is 26.3 Å². The smallest absolute Gasteiger partial charge is 0.225 e. The minimum atomic E-state index is -0.0448. The van der Waals surface area contributed by atoms with Crippen molar-refractivity contribution in [1.29, 1.82) is 0 Å². The molecule has 5 heteroatoms. The minimum absolute atomic E-state index is 0.0448. The van der Waals surface area contributed by atoms with E-state index >= 15 is 0 Å². The lowest BCUT2D eigenvalue weighted by Crippen LogP contribution is -2.27. The average Bonchev–Trinajstić information content (AvgIpc) is 2.38. The van der Waals surface area contributed by atoms with Gasteiger partial charge in [0.25, 0.3) is 0 Å². The Balaban J connectivity index is 2.58. The predicted octanol–water partition coefficient (Wildman–Crippen LogP) is 2.03. The summed E-state index contributed by atoms with van der Waals surface area (Å²) >= 11 is 0. The number of amides is 1. The van der Waals surface area contributed by atoms with Crippen LogP contribution in [0.2, 0.25) is 0 Å². The molecule has 0 fully saturated rings. The number of benzene rings is 1. The quantitative estimate of drug-likeness (QED) is 0.793. The van der Waals surface area contributed by atoms with E-state index in [1.54, 1.807) is 32.4 Å². The molecule has 0 bridgehead atoms. The molecule has 0 unspecified atom stereocenters. The summed E-state index contributed by atoms with van der Waals surface area (Å²) in [6.07, 6.45) is 0.424. The minimum Gasteiger partial charge on any atom is -0.497 e. The van der Waals surface area contributed by atoms with Crippen LogP contribution in [0.4, 0.5) is 5.69 Å². The molecule has 0 saturated carbocycles. The average molecular weight is 266 g/mol. The summed E-state index contributed by atoms with van der Waals surface area (Å²) in [5.41, 5.74) is 0.651. The fourth-order valence-corrected chi connectivity index (χ4v) is 1.59. The van der Waals surface area contributed by atoms with Crippen molar-refractivity contribution in [1.82, 2.24) is 5.32 Å². The van der Waals surface area contributed by atoms with Crippen LogP contribution in [0.1, 0.15) is 20.3 Å². The van der Waals surface area contributed by atoms with Gasteiger partial charge in [-0.2, -0.15) is 0 Å². The molecule has 0 spiro atoms. The second-order valence-corrected chi connectivity index (χ2v) is 4.47. The Bertz CT molecular complexity index is 419. The standard InChI is InChI=1S/C14H22N2O3/c1-10(2)15-8-7-14(17)16-12-6-5-11(18-3)9-13(12)19-4/h5-6,9-10,15H,7-8H2,1-4H3,(H,16,17). The molecule has 0 atom stereocenters. The first-order chi connectivity index (χ1) is 9.06. The van der Waals surface area contributed by atoms with Crippen LogP contribution in [-0.4, -0.2) is 32.7 Å². The summed E-state index contributed by atoms with van der Waals surface area (Å²) in [6, 6.07) is 5.67. The van der Waals surface area contributed by atoms with Crippen molar-refractivity contribution in [3.63, 3.8) is 0 Å². The van der Waals surface area contributed by atoms with Crippen LogP contribution in [-0.2, 0) is 4.79 Å². The first kappa shape index (κ1) is 15.3. The molecule has 0 aliphatic heterocycles. The highest BCUT2D eigenvalue weighted by Crippen LogP contribution is 2.28. The molecule has 0 aliphatic carbocycles. The van der Waals surface area contributed by atoms with E-state index < -0.39 is 0 Å². The normalized spacial score (nSPS) is 10.4.